The molecule has 0 radical (unpaired) electrons. The Morgan fingerprint density at radius 2 is 2.29 bits per heavy atom. The fraction of sp³-hybridized carbons (Fsp3) is 0.889. The summed E-state index contributed by atoms with van der Waals surface area (Å²) in [6.07, 6.45) is 1.98. The quantitative estimate of drug-likeness (QED) is 0.561. The maximum atomic E-state index is 11.4. The van der Waals surface area contributed by atoms with Crippen LogP contribution in [-0.4, -0.2) is 30.8 Å². The first kappa shape index (κ1) is 11.4. The predicted octanol–water partition coefficient (Wildman–Crippen LogP) is -0.696. The van der Waals surface area contributed by atoms with Gasteiger partial charge >= 0.3 is 0 Å². The average molecular weight is 201 g/mol. The Labute approximate surface area is 84.2 Å². The minimum absolute atomic E-state index is 0.120. The third-order valence-corrected chi connectivity index (χ3v) is 2.41. The molecular weight excluding hydrogens is 182 g/mol. The molecular formula is C9H19N3O2. The van der Waals surface area contributed by atoms with Crippen LogP contribution < -0.4 is 16.8 Å². The maximum absolute atomic E-state index is 11.4. The van der Waals surface area contributed by atoms with Crippen molar-refractivity contribution in [2.24, 2.45) is 11.5 Å². The highest BCUT2D eigenvalue weighted by Crippen LogP contribution is 2.14. The first-order chi connectivity index (χ1) is 6.69. The van der Waals surface area contributed by atoms with Crippen molar-refractivity contribution in [3.8, 4) is 0 Å². The predicted molar refractivity (Wildman–Crippen MR) is 53.4 cm³/mol. The van der Waals surface area contributed by atoms with Crippen molar-refractivity contribution in [1.29, 1.82) is 0 Å². The monoisotopic (exact) mass is 201 g/mol. The van der Waals surface area contributed by atoms with E-state index in [1.54, 1.807) is 0 Å². The molecule has 0 bridgehead atoms. The van der Waals surface area contributed by atoms with Crippen LogP contribution in [0.15, 0.2) is 0 Å². The Bertz CT molecular complexity index is 198. The van der Waals surface area contributed by atoms with E-state index >= 15 is 0 Å². The number of carbonyl (C=O) groups is 1. The summed E-state index contributed by atoms with van der Waals surface area (Å²) in [5.41, 5.74) is 11.1. The van der Waals surface area contributed by atoms with Crippen LogP contribution in [0.25, 0.3) is 0 Å². The van der Waals surface area contributed by atoms with Crippen molar-refractivity contribution in [2.45, 2.75) is 44.6 Å². The average Bonchev–Trinajstić information content (AvgIpc) is 2.20. The van der Waals surface area contributed by atoms with Gasteiger partial charge in [-0.3, -0.25) is 4.79 Å². The molecule has 0 aliphatic carbocycles. The molecule has 1 aliphatic heterocycles. The first-order valence-electron chi connectivity index (χ1n) is 5.10. The molecule has 1 aliphatic rings. The molecule has 0 aromatic rings. The second-order valence-electron chi connectivity index (χ2n) is 3.54. The van der Waals surface area contributed by atoms with Gasteiger partial charge in [0.2, 0.25) is 5.91 Å². The molecule has 0 spiro atoms. The molecule has 14 heavy (non-hydrogen) atoms. The van der Waals surface area contributed by atoms with Gasteiger partial charge in [-0.1, -0.05) is 6.92 Å². The molecule has 1 unspecified atom stereocenters. The number of hydrogen-bond donors (Lipinski definition) is 3. The van der Waals surface area contributed by atoms with Gasteiger partial charge in [-0.05, 0) is 25.8 Å². The standard InChI is InChI=1S/C9H19N3O2/c1-2-7-12-9(13)8(11)6(14-7)4-3-5-10/h6-8H,2-5,10-11H2,1H3,(H,12,13)/t6-,7+,8?/m0/s1. The summed E-state index contributed by atoms with van der Waals surface area (Å²) < 4.78 is 5.61. The molecule has 1 saturated heterocycles. The summed E-state index contributed by atoms with van der Waals surface area (Å²) in [4.78, 5) is 11.4. The van der Waals surface area contributed by atoms with Gasteiger partial charge in [-0.2, -0.15) is 0 Å². The third kappa shape index (κ3) is 2.67. The van der Waals surface area contributed by atoms with Gasteiger partial charge < -0.3 is 21.5 Å². The molecule has 5 N–H and O–H groups in total. The lowest BCUT2D eigenvalue weighted by molar-refractivity contribution is -0.146. The van der Waals surface area contributed by atoms with E-state index in [1.165, 1.54) is 0 Å². The maximum Gasteiger partial charge on any atom is 0.241 e. The number of rotatable bonds is 4. The second-order valence-corrected chi connectivity index (χ2v) is 3.54. The zero-order valence-corrected chi connectivity index (χ0v) is 8.53. The third-order valence-electron chi connectivity index (χ3n) is 2.41. The van der Waals surface area contributed by atoms with Crippen LogP contribution in [0.2, 0.25) is 0 Å². The zero-order chi connectivity index (χ0) is 10.6. The highest BCUT2D eigenvalue weighted by molar-refractivity contribution is 5.82. The molecule has 5 nitrogen and oxygen atoms in total. The van der Waals surface area contributed by atoms with Crippen LogP contribution in [-0.2, 0) is 9.53 Å². The Balaban J connectivity index is 2.49. The molecule has 0 aromatic heterocycles. The fourth-order valence-corrected chi connectivity index (χ4v) is 1.52. The van der Waals surface area contributed by atoms with Crippen LogP contribution in [0.5, 0.6) is 0 Å². The Hall–Kier alpha value is -0.650. The number of nitrogens with one attached hydrogen (secondary N) is 1. The van der Waals surface area contributed by atoms with E-state index in [9.17, 15) is 4.79 Å². The summed E-state index contributed by atoms with van der Waals surface area (Å²) in [7, 11) is 0. The highest BCUT2D eigenvalue weighted by atomic mass is 16.5. The van der Waals surface area contributed by atoms with E-state index in [0.717, 1.165) is 19.3 Å². The lowest BCUT2D eigenvalue weighted by atomic mass is 10.0. The minimum Gasteiger partial charge on any atom is -0.353 e. The summed E-state index contributed by atoms with van der Waals surface area (Å²) in [5, 5.41) is 2.70. The molecule has 1 heterocycles. The molecule has 82 valence electrons. The van der Waals surface area contributed by atoms with E-state index in [4.69, 9.17) is 16.2 Å². The van der Waals surface area contributed by atoms with Crippen LogP contribution in [0.1, 0.15) is 26.2 Å². The Morgan fingerprint density at radius 3 is 2.86 bits per heavy atom. The smallest absolute Gasteiger partial charge is 0.241 e. The van der Waals surface area contributed by atoms with Gasteiger partial charge in [0.15, 0.2) is 0 Å². The molecule has 3 atom stereocenters. The molecule has 1 fully saturated rings. The summed E-state index contributed by atoms with van der Waals surface area (Å²) >= 11 is 0. The zero-order valence-electron chi connectivity index (χ0n) is 8.53. The summed E-state index contributed by atoms with van der Waals surface area (Å²) in [5.74, 6) is -0.120. The number of carbonyl (C=O) groups excluding carboxylic acids is 1. The van der Waals surface area contributed by atoms with Crippen LogP contribution >= 0.6 is 0 Å². The van der Waals surface area contributed by atoms with Crippen LogP contribution in [0, 0.1) is 0 Å². The number of nitrogens with two attached hydrogens (primary N) is 2. The topological polar surface area (TPSA) is 90.4 Å². The molecule has 5 heteroatoms. The normalized spacial score (nSPS) is 32.8. The lowest BCUT2D eigenvalue weighted by Crippen LogP contribution is -2.59. The van der Waals surface area contributed by atoms with Gasteiger partial charge in [0, 0.05) is 0 Å². The van der Waals surface area contributed by atoms with Gasteiger partial charge in [-0.25, -0.2) is 0 Å². The number of ether oxygens (including phenoxy) is 1. The summed E-state index contributed by atoms with van der Waals surface area (Å²) in [6.45, 7) is 2.56. The van der Waals surface area contributed by atoms with E-state index in [-0.39, 0.29) is 18.2 Å². The fourth-order valence-electron chi connectivity index (χ4n) is 1.52. The van der Waals surface area contributed by atoms with Gasteiger partial charge in [0.1, 0.15) is 12.3 Å². The lowest BCUT2D eigenvalue weighted by Gasteiger charge is -2.34. The molecule has 0 aromatic carbocycles. The summed E-state index contributed by atoms with van der Waals surface area (Å²) in [6, 6.07) is -0.552. The van der Waals surface area contributed by atoms with E-state index in [1.807, 2.05) is 6.92 Å². The van der Waals surface area contributed by atoms with Gasteiger partial charge in [-0.15, -0.1) is 0 Å². The van der Waals surface area contributed by atoms with Gasteiger partial charge in [0.25, 0.3) is 0 Å². The number of amides is 1. The SMILES string of the molecule is CC[C@@H]1NC(=O)C(N)[C@H](CCCN)O1. The van der Waals surface area contributed by atoms with Gasteiger partial charge in [0.05, 0.1) is 6.10 Å². The second kappa shape index (κ2) is 5.29. The Kier molecular flexibility index (Phi) is 4.31. The van der Waals surface area contributed by atoms with Crippen molar-refractivity contribution in [2.75, 3.05) is 6.54 Å². The van der Waals surface area contributed by atoms with E-state index in [2.05, 4.69) is 5.32 Å². The van der Waals surface area contributed by atoms with Crippen molar-refractivity contribution >= 4 is 5.91 Å². The number of hydrogen-bond acceptors (Lipinski definition) is 4. The molecule has 0 saturated carbocycles. The van der Waals surface area contributed by atoms with Crippen LogP contribution in [0.3, 0.4) is 0 Å². The van der Waals surface area contributed by atoms with E-state index < -0.39 is 6.04 Å². The van der Waals surface area contributed by atoms with Crippen molar-refractivity contribution in [3.63, 3.8) is 0 Å². The van der Waals surface area contributed by atoms with Crippen molar-refractivity contribution in [3.05, 3.63) is 0 Å². The van der Waals surface area contributed by atoms with Crippen LogP contribution in [0.4, 0.5) is 0 Å². The van der Waals surface area contributed by atoms with Crippen molar-refractivity contribution < 1.29 is 9.53 Å². The van der Waals surface area contributed by atoms with Crippen molar-refractivity contribution in [1.82, 2.24) is 5.32 Å². The molecule has 1 amide bonds. The highest BCUT2D eigenvalue weighted by Gasteiger charge is 2.33. The molecule has 1 rings (SSSR count). The largest absolute Gasteiger partial charge is 0.353 e. The Morgan fingerprint density at radius 1 is 1.57 bits per heavy atom. The van der Waals surface area contributed by atoms with E-state index in [0.29, 0.717) is 6.54 Å². The minimum atomic E-state index is -0.552. The first-order valence-corrected chi connectivity index (χ1v) is 5.10.